The number of hydrogen-bond donors (Lipinski definition) is 2. The van der Waals surface area contributed by atoms with Gasteiger partial charge in [0.15, 0.2) is 0 Å². The van der Waals surface area contributed by atoms with Crippen molar-refractivity contribution in [2.24, 2.45) is 5.92 Å². The van der Waals surface area contributed by atoms with Crippen molar-refractivity contribution < 1.29 is 18.0 Å². The van der Waals surface area contributed by atoms with E-state index in [0.717, 1.165) is 12.8 Å². The van der Waals surface area contributed by atoms with Gasteiger partial charge < -0.3 is 5.32 Å². The van der Waals surface area contributed by atoms with Gasteiger partial charge in [-0.3, -0.25) is 15.0 Å². The highest BCUT2D eigenvalue weighted by Gasteiger charge is 2.28. The Morgan fingerprint density at radius 1 is 1.13 bits per heavy atom. The lowest BCUT2D eigenvalue weighted by atomic mass is 10.0. The highest BCUT2D eigenvalue weighted by Crippen LogP contribution is 2.26. The van der Waals surface area contributed by atoms with Gasteiger partial charge in [-0.15, -0.1) is 11.3 Å². The fourth-order valence-corrected chi connectivity index (χ4v) is 5.69. The second-order valence-corrected chi connectivity index (χ2v) is 10.4. The smallest absolute Gasteiger partial charge is 0.268 e. The lowest BCUT2D eigenvalue weighted by molar-refractivity contribution is 0.0858. The summed E-state index contributed by atoms with van der Waals surface area (Å²) in [7, 11) is -0.177. The molecule has 0 saturated carbocycles. The number of nitrogens with zero attached hydrogens (tertiary/aromatic N) is 2. The molecule has 2 amide bonds. The minimum atomic E-state index is -3.57. The first-order valence-electron chi connectivity index (χ1n) is 9.66. The molecule has 2 heterocycles. The number of anilines is 1. The predicted molar refractivity (Wildman–Crippen MR) is 117 cm³/mol. The number of hydrazine groups is 1. The Kier molecular flexibility index (Phi) is 6.91. The zero-order valence-electron chi connectivity index (χ0n) is 17.2. The van der Waals surface area contributed by atoms with Crippen LogP contribution in [0.2, 0.25) is 0 Å². The van der Waals surface area contributed by atoms with Crippen LogP contribution in [0.25, 0.3) is 0 Å². The number of amides is 2. The molecule has 10 heteroatoms. The number of sulfonamides is 1. The molecule has 162 valence electrons. The SMILES string of the molecule is CC1CCCN(S(=O)(=O)c2ccc(C(=O)Nc3sccc3C(=O)NN(C)C)cc2)C1. The number of hydrogen-bond acceptors (Lipinski definition) is 6. The molecule has 8 nitrogen and oxygen atoms in total. The van der Waals surface area contributed by atoms with Crippen molar-refractivity contribution in [3.63, 3.8) is 0 Å². The van der Waals surface area contributed by atoms with Gasteiger partial charge in [-0.05, 0) is 54.5 Å². The van der Waals surface area contributed by atoms with Crippen LogP contribution < -0.4 is 10.7 Å². The third kappa shape index (κ3) is 5.07. The summed E-state index contributed by atoms with van der Waals surface area (Å²) in [5, 5.41) is 6.40. The molecular formula is C20H26N4O4S2. The van der Waals surface area contributed by atoms with Crippen LogP contribution in [0.4, 0.5) is 5.00 Å². The van der Waals surface area contributed by atoms with Gasteiger partial charge in [-0.1, -0.05) is 6.92 Å². The van der Waals surface area contributed by atoms with Crippen LogP contribution in [0.1, 0.15) is 40.5 Å². The van der Waals surface area contributed by atoms with Gasteiger partial charge in [-0.25, -0.2) is 13.4 Å². The summed E-state index contributed by atoms with van der Waals surface area (Å²) in [6.45, 7) is 3.08. The van der Waals surface area contributed by atoms with E-state index in [1.165, 1.54) is 44.9 Å². The van der Waals surface area contributed by atoms with Crippen LogP contribution in [0.3, 0.4) is 0 Å². The Morgan fingerprint density at radius 2 is 1.83 bits per heavy atom. The molecule has 30 heavy (non-hydrogen) atoms. The average molecular weight is 451 g/mol. The molecule has 1 aliphatic rings. The zero-order chi connectivity index (χ0) is 21.9. The quantitative estimate of drug-likeness (QED) is 0.659. The van der Waals surface area contributed by atoms with E-state index in [-0.39, 0.29) is 10.8 Å². The normalized spacial score (nSPS) is 17.7. The predicted octanol–water partition coefficient (Wildman–Crippen LogP) is 2.63. The van der Waals surface area contributed by atoms with Crippen LogP contribution in [0.5, 0.6) is 0 Å². The summed E-state index contributed by atoms with van der Waals surface area (Å²) in [6, 6.07) is 7.52. The summed E-state index contributed by atoms with van der Waals surface area (Å²) >= 11 is 1.24. The Bertz CT molecular complexity index is 1020. The maximum Gasteiger partial charge on any atom is 0.268 e. The molecule has 0 spiro atoms. The minimum absolute atomic E-state index is 0.176. The first kappa shape index (κ1) is 22.4. The highest BCUT2D eigenvalue weighted by atomic mass is 32.2. The summed E-state index contributed by atoms with van der Waals surface area (Å²) in [6.07, 6.45) is 1.88. The van der Waals surface area contributed by atoms with E-state index >= 15 is 0 Å². The molecule has 0 radical (unpaired) electrons. The number of benzene rings is 1. The van der Waals surface area contributed by atoms with Crippen molar-refractivity contribution in [3.8, 4) is 0 Å². The van der Waals surface area contributed by atoms with E-state index in [1.807, 2.05) is 6.92 Å². The van der Waals surface area contributed by atoms with Gasteiger partial charge in [0.2, 0.25) is 10.0 Å². The molecule has 1 unspecified atom stereocenters. The molecule has 1 saturated heterocycles. The second-order valence-electron chi connectivity index (χ2n) is 7.59. The summed E-state index contributed by atoms with van der Waals surface area (Å²) < 4.78 is 27.2. The number of thiophene rings is 1. The fraction of sp³-hybridized carbons (Fsp3) is 0.400. The number of nitrogens with one attached hydrogen (secondary N) is 2. The van der Waals surface area contributed by atoms with Crippen molar-refractivity contribution in [1.82, 2.24) is 14.7 Å². The zero-order valence-corrected chi connectivity index (χ0v) is 18.8. The van der Waals surface area contributed by atoms with Crippen molar-refractivity contribution >= 4 is 38.2 Å². The van der Waals surface area contributed by atoms with E-state index in [1.54, 1.807) is 25.5 Å². The van der Waals surface area contributed by atoms with Crippen LogP contribution in [0, 0.1) is 5.92 Å². The molecule has 2 aromatic rings. The molecule has 2 N–H and O–H groups in total. The van der Waals surface area contributed by atoms with Gasteiger partial charge in [0, 0.05) is 32.7 Å². The van der Waals surface area contributed by atoms with E-state index < -0.39 is 15.9 Å². The molecule has 1 aromatic heterocycles. The first-order chi connectivity index (χ1) is 14.2. The lowest BCUT2D eigenvalue weighted by Gasteiger charge is -2.30. The Hall–Kier alpha value is -2.27. The van der Waals surface area contributed by atoms with Crippen LogP contribution in [-0.2, 0) is 10.0 Å². The molecule has 1 fully saturated rings. The maximum atomic E-state index is 12.9. The molecular weight excluding hydrogens is 424 g/mol. The van der Waals surface area contributed by atoms with Gasteiger partial charge in [0.05, 0.1) is 10.5 Å². The Morgan fingerprint density at radius 3 is 2.47 bits per heavy atom. The molecule has 1 aromatic carbocycles. The third-order valence-corrected chi connectivity index (χ3v) is 7.55. The first-order valence-corrected chi connectivity index (χ1v) is 12.0. The lowest BCUT2D eigenvalue weighted by Crippen LogP contribution is -2.39. The summed E-state index contributed by atoms with van der Waals surface area (Å²) in [5.74, 6) is -0.399. The van der Waals surface area contributed by atoms with E-state index in [0.29, 0.717) is 35.1 Å². The molecule has 0 aliphatic carbocycles. The van der Waals surface area contributed by atoms with Gasteiger partial charge in [0.25, 0.3) is 11.8 Å². The van der Waals surface area contributed by atoms with Crippen molar-refractivity contribution in [3.05, 3.63) is 46.8 Å². The summed E-state index contributed by atoms with van der Waals surface area (Å²) in [5.41, 5.74) is 3.31. The molecule has 3 rings (SSSR count). The van der Waals surface area contributed by atoms with Gasteiger partial charge >= 0.3 is 0 Å². The van der Waals surface area contributed by atoms with Crippen LogP contribution in [-0.4, -0.2) is 56.7 Å². The largest absolute Gasteiger partial charge is 0.313 e. The monoisotopic (exact) mass is 450 g/mol. The van der Waals surface area contributed by atoms with Gasteiger partial charge in [0.1, 0.15) is 5.00 Å². The molecule has 1 aliphatic heterocycles. The number of carbonyl (C=O) groups is 2. The van der Waals surface area contributed by atoms with Crippen molar-refractivity contribution in [1.29, 1.82) is 0 Å². The maximum absolute atomic E-state index is 12.9. The number of rotatable bonds is 6. The van der Waals surface area contributed by atoms with E-state index in [4.69, 9.17) is 0 Å². The number of carbonyl (C=O) groups excluding carboxylic acids is 2. The topological polar surface area (TPSA) is 98.8 Å². The number of piperidine rings is 1. The summed E-state index contributed by atoms with van der Waals surface area (Å²) in [4.78, 5) is 25.0. The Balaban J connectivity index is 1.72. The standard InChI is InChI=1S/C20H26N4O4S2/c1-14-5-4-11-24(13-14)30(27,28)16-8-6-15(7-9-16)18(25)21-20-17(10-12-29-20)19(26)22-23(2)3/h6-10,12,14H,4-5,11,13H2,1-3H3,(H,21,25)(H,22,26). The van der Waals surface area contributed by atoms with E-state index in [2.05, 4.69) is 10.7 Å². The fourth-order valence-electron chi connectivity index (χ4n) is 3.32. The van der Waals surface area contributed by atoms with Crippen molar-refractivity contribution in [2.45, 2.75) is 24.7 Å². The van der Waals surface area contributed by atoms with Crippen molar-refractivity contribution in [2.75, 3.05) is 32.5 Å². The third-order valence-electron chi connectivity index (χ3n) is 4.84. The Labute approximate surface area is 180 Å². The molecule has 1 atom stereocenters. The van der Waals surface area contributed by atoms with Crippen LogP contribution in [0.15, 0.2) is 40.6 Å². The second kappa shape index (κ2) is 9.25. The highest BCUT2D eigenvalue weighted by molar-refractivity contribution is 7.89. The van der Waals surface area contributed by atoms with Crippen LogP contribution >= 0.6 is 11.3 Å². The minimum Gasteiger partial charge on any atom is -0.313 e. The molecule has 0 bridgehead atoms. The van der Waals surface area contributed by atoms with E-state index in [9.17, 15) is 18.0 Å². The average Bonchev–Trinajstić information content (AvgIpc) is 3.16. The van der Waals surface area contributed by atoms with Gasteiger partial charge in [-0.2, -0.15) is 4.31 Å².